The third-order valence-electron chi connectivity index (χ3n) is 4.97. The lowest BCUT2D eigenvalue weighted by molar-refractivity contribution is 0.0594. The number of carbonyl (C=O) groups excluding carboxylic acids is 1. The zero-order chi connectivity index (χ0) is 18.8. The van der Waals surface area contributed by atoms with Gasteiger partial charge in [0.05, 0.1) is 12.1 Å². The first-order valence-corrected chi connectivity index (χ1v) is 9.53. The van der Waals surface area contributed by atoms with Gasteiger partial charge in [0, 0.05) is 44.2 Å². The number of rotatable bonds is 3. The van der Waals surface area contributed by atoms with Crippen LogP contribution in [-0.4, -0.2) is 55.2 Å². The predicted octanol–water partition coefficient (Wildman–Crippen LogP) is 3.25. The van der Waals surface area contributed by atoms with Crippen LogP contribution in [0.3, 0.4) is 0 Å². The molecule has 3 heterocycles. The Morgan fingerprint density at radius 2 is 1.96 bits per heavy atom. The molecule has 0 atom stereocenters. The van der Waals surface area contributed by atoms with E-state index in [-0.39, 0.29) is 12.0 Å². The largest absolute Gasteiger partial charge is 0.490 e. The number of carbonyl (C=O) groups is 1. The van der Waals surface area contributed by atoms with Gasteiger partial charge in [-0.25, -0.2) is 4.98 Å². The van der Waals surface area contributed by atoms with Crippen molar-refractivity contribution >= 4 is 23.3 Å². The van der Waals surface area contributed by atoms with Crippen LogP contribution in [0.1, 0.15) is 23.2 Å². The fraction of sp³-hybridized carbons (Fsp3) is 0.400. The fourth-order valence-corrected chi connectivity index (χ4v) is 3.54. The summed E-state index contributed by atoms with van der Waals surface area (Å²) in [4.78, 5) is 21.1. The van der Waals surface area contributed by atoms with Crippen molar-refractivity contribution in [3.63, 3.8) is 0 Å². The molecule has 142 valence electrons. The van der Waals surface area contributed by atoms with Gasteiger partial charge in [-0.15, -0.1) is 0 Å². The van der Waals surface area contributed by atoms with E-state index in [2.05, 4.69) is 4.98 Å². The van der Waals surface area contributed by atoms with Crippen molar-refractivity contribution in [1.82, 2.24) is 9.88 Å². The summed E-state index contributed by atoms with van der Waals surface area (Å²) in [5.41, 5.74) is 0.570. The van der Waals surface area contributed by atoms with Crippen molar-refractivity contribution in [3.8, 4) is 11.5 Å². The highest BCUT2D eigenvalue weighted by Crippen LogP contribution is 2.29. The molecule has 6 nitrogen and oxygen atoms in total. The smallest absolute Gasteiger partial charge is 0.255 e. The number of hydrogen-bond acceptors (Lipinski definition) is 5. The molecule has 1 fully saturated rings. The zero-order valence-electron chi connectivity index (χ0n) is 15.2. The summed E-state index contributed by atoms with van der Waals surface area (Å²) in [6, 6.07) is 9.18. The second-order valence-corrected chi connectivity index (χ2v) is 7.32. The SMILES string of the molecule is CN1CCOc2cc(C(=O)N3CCC(Oc4ccc(Cl)cc4)CC3)cnc21. The number of fused-ring (bicyclic) bond motifs is 1. The first-order valence-electron chi connectivity index (χ1n) is 9.15. The highest BCUT2D eigenvalue weighted by atomic mass is 35.5. The maximum absolute atomic E-state index is 12.8. The zero-order valence-corrected chi connectivity index (χ0v) is 16.0. The Hall–Kier alpha value is -2.47. The molecule has 1 amide bonds. The molecule has 1 aromatic carbocycles. The monoisotopic (exact) mass is 387 g/mol. The number of ether oxygens (including phenoxy) is 2. The molecule has 2 aliphatic rings. The van der Waals surface area contributed by atoms with E-state index in [9.17, 15) is 4.79 Å². The van der Waals surface area contributed by atoms with E-state index >= 15 is 0 Å². The first-order chi connectivity index (χ1) is 13.1. The van der Waals surface area contributed by atoms with Gasteiger partial charge in [0.1, 0.15) is 18.5 Å². The molecule has 0 aliphatic carbocycles. The van der Waals surface area contributed by atoms with Gasteiger partial charge in [-0.05, 0) is 30.3 Å². The van der Waals surface area contributed by atoms with E-state index < -0.39 is 0 Å². The van der Waals surface area contributed by atoms with E-state index in [0.29, 0.717) is 36.0 Å². The Morgan fingerprint density at radius 1 is 1.22 bits per heavy atom. The molecule has 0 bridgehead atoms. The molecule has 4 rings (SSSR count). The van der Waals surface area contributed by atoms with Crippen LogP contribution in [0.2, 0.25) is 5.02 Å². The van der Waals surface area contributed by atoms with Gasteiger partial charge in [0.15, 0.2) is 11.6 Å². The average Bonchev–Trinajstić information content (AvgIpc) is 2.70. The number of piperidine rings is 1. The number of anilines is 1. The van der Waals surface area contributed by atoms with Gasteiger partial charge in [0.25, 0.3) is 5.91 Å². The number of likely N-dealkylation sites (N-methyl/N-ethyl adjacent to an activating group) is 1. The minimum atomic E-state index is -0.00734. The molecule has 27 heavy (non-hydrogen) atoms. The molecule has 1 aromatic heterocycles. The quantitative estimate of drug-likeness (QED) is 0.809. The van der Waals surface area contributed by atoms with Crippen LogP contribution in [0, 0.1) is 0 Å². The molecule has 2 aliphatic heterocycles. The fourth-order valence-electron chi connectivity index (χ4n) is 3.41. The van der Waals surface area contributed by atoms with Crippen LogP contribution in [-0.2, 0) is 0 Å². The van der Waals surface area contributed by atoms with Crippen molar-refractivity contribution in [2.24, 2.45) is 0 Å². The van der Waals surface area contributed by atoms with Gasteiger partial charge in [-0.3, -0.25) is 4.79 Å². The molecular weight excluding hydrogens is 366 g/mol. The summed E-state index contributed by atoms with van der Waals surface area (Å²) in [5.74, 6) is 2.26. The van der Waals surface area contributed by atoms with Gasteiger partial charge in [-0.2, -0.15) is 0 Å². The predicted molar refractivity (Wildman–Crippen MR) is 104 cm³/mol. The van der Waals surface area contributed by atoms with Crippen molar-refractivity contribution in [1.29, 1.82) is 0 Å². The molecule has 0 unspecified atom stereocenters. The molecular formula is C20H22ClN3O3. The van der Waals surface area contributed by atoms with Gasteiger partial charge in [0.2, 0.25) is 0 Å². The summed E-state index contributed by atoms with van der Waals surface area (Å²) >= 11 is 5.90. The van der Waals surface area contributed by atoms with E-state index in [4.69, 9.17) is 21.1 Å². The number of halogens is 1. The third kappa shape index (κ3) is 3.95. The Bertz CT molecular complexity index is 820. The number of aromatic nitrogens is 1. The van der Waals surface area contributed by atoms with Crippen LogP contribution in [0.15, 0.2) is 36.5 Å². The average molecular weight is 388 g/mol. The lowest BCUT2D eigenvalue weighted by Crippen LogP contribution is -2.42. The topological polar surface area (TPSA) is 54.9 Å². The Balaban J connectivity index is 1.36. The lowest BCUT2D eigenvalue weighted by atomic mass is 10.1. The molecule has 2 aromatic rings. The van der Waals surface area contributed by atoms with Gasteiger partial charge in [-0.1, -0.05) is 11.6 Å². The second-order valence-electron chi connectivity index (χ2n) is 6.88. The van der Waals surface area contributed by atoms with Crippen molar-refractivity contribution in [3.05, 3.63) is 47.1 Å². The van der Waals surface area contributed by atoms with Crippen LogP contribution < -0.4 is 14.4 Å². The molecule has 7 heteroatoms. The number of likely N-dealkylation sites (tertiary alicyclic amines) is 1. The highest BCUT2D eigenvalue weighted by Gasteiger charge is 2.26. The van der Waals surface area contributed by atoms with Crippen molar-refractivity contribution < 1.29 is 14.3 Å². The van der Waals surface area contributed by atoms with Crippen LogP contribution in [0.4, 0.5) is 5.82 Å². The van der Waals surface area contributed by atoms with Gasteiger partial charge < -0.3 is 19.3 Å². The molecule has 0 saturated carbocycles. The number of pyridine rings is 1. The molecule has 0 N–H and O–H groups in total. The van der Waals surface area contributed by atoms with Crippen molar-refractivity contribution in [2.45, 2.75) is 18.9 Å². The maximum Gasteiger partial charge on any atom is 0.255 e. The van der Waals surface area contributed by atoms with Crippen LogP contribution in [0.5, 0.6) is 11.5 Å². The van der Waals surface area contributed by atoms with Crippen LogP contribution >= 0.6 is 11.6 Å². The van der Waals surface area contributed by atoms with E-state index in [1.165, 1.54) is 0 Å². The molecule has 0 spiro atoms. The second kappa shape index (κ2) is 7.64. The standard InChI is InChI=1S/C20H22ClN3O3/c1-23-10-11-26-18-12-14(13-22-19(18)23)20(25)24-8-6-17(7-9-24)27-16-4-2-15(21)3-5-16/h2-5,12-13,17H,6-11H2,1H3. The summed E-state index contributed by atoms with van der Waals surface area (Å²) in [7, 11) is 1.97. The van der Waals surface area contributed by atoms with E-state index in [1.54, 1.807) is 12.3 Å². The van der Waals surface area contributed by atoms with E-state index in [1.807, 2.05) is 41.1 Å². The first kappa shape index (κ1) is 17.9. The summed E-state index contributed by atoms with van der Waals surface area (Å²) < 4.78 is 11.7. The third-order valence-corrected chi connectivity index (χ3v) is 5.22. The summed E-state index contributed by atoms with van der Waals surface area (Å²) in [6.45, 7) is 2.73. The van der Waals surface area contributed by atoms with E-state index in [0.717, 1.165) is 31.0 Å². The maximum atomic E-state index is 12.8. The summed E-state index contributed by atoms with van der Waals surface area (Å²) in [6.07, 6.45) is 3.34. The summed E-state index contributed by atoms with van der Waals surface area (Å²) in [5, 5.41) is 0.691. The lowest BCUT2D eigenvalue weighted by Gasteiger charge is -2.32. The highest BCUT2D eigenvalue weighted by molar-refractivity contribution is 6.30. The Labute approximate surface area is 163 Å². The Kier molecular flexibility index (Phi) is 5.07. The van der Waals surface area contributed by atoms with Gasteiger partial charge >= 0.3 is 0 Å². The number of benzene rings is 1. The van der Waals surface area contributed by atoms with Crippen molar-refractivity contribution in [2.75, 3.05) is 38.2 Å². The number of nitrogens with zero attached hydrogens (tertiary/aromatic N) is 3. The number of hydrogen-bond donors (Lipinski definition) is 0. The minimum Gasteiger partial charge on any atom is -0.490 e. The number of amides is 1. The minimum absolute atomic E-state index is 0.00734. The molecule has 1 saturated heterocycles. The van der Waals surface area contributed by atoms with Crippen LogP contribution in [0.25, 0.3) is 0 Å². The molecule has 0 radical (unpaired) electrons. The normalized spacial score (nSPS) is 17.3. The Morgan fingerprint density at radius 3 is 2.70 bits per heavy atom.